The van der Waals surface area contributed by atoms with E-state index in [1.54, 1.807) is 11.3 Å². The molecule has 0 spiro atoms. The van der Waals surface area contributed by atoms with E-state index in [0.717, 1.165) is 18.0 Å². The molecule has 3 nitrogen and oxygen atoms in total. The van der Waals surface area contributed by atoms with E-state index in [0.29, 0.717) is 6.42 Å². The van der Waals surface area contributed by atoms with Crippen LogP contribution < -0.4 is 0 Å². The Hall–Kier alpha value is -0.450. The van der Waals surface area contributed by atoms with E-state index < -0.39 is 0 Å². The third-order valence-electron chi connectivity index (χ3n) is 3.27. The highest BCUT2D eigenvalue weighted by Gasteiger charge is 2.32. The molecule has 1 N–H and O–H groups in total. The molecule has 0 aromatic carbocycles. The Labute approximate surface area is 102 Å². The van der Waals surface area contributed by atoms with E-state index in [4.69, 9.17) is 0 Å². The summed E-state index contributed by atoms with van der Waals surface area (Å²) in [5.41, 5.74) is 1.62. The van der Waals surface area contributed by atoms with Crippen molar-refractivity contribution in [1.29, 1.82) is 0 Å². The molecule has 0 aliphatic heterocycles. The van der Waals surface area contributed by atoms with Gasteiger partial charge in [-0.1, -0.05) is 13.8 Å². The van der Waals surface area contributed by atoms with Gasteiger partial charge in [-0.2, -0.15) is 0 Å². The van der Waals surface area contributed by atoms with E-state index >= 15 is 0 Å². The van der Waals surface area contributed by atoms with Crippen LogP contribution in [0.3, 0.4) is 0 Å². The highest BCUT2D eigenvalue weighted by atomic mass is 32.1. The Morgan fingerprint density at radius 1 is 1.44 bits per heavy atom. The van der Waals surface area contributed by atoms with Crippen LogP contribution in [0.2, 0.25) is 0 Å². The Balaban J connectivity index is 2.67. The van der Waals surface area contributed by atoms with Crippen LogP contribution in [0.25, 0.3) is 0 Å². The predicted molar refractivity (Wildman–Crippen MR) is 68.8 cm³/mol. The molecule has 0 radical (unpaired) electrons. The Morgan fingerprint density at radius 3 is 2.50 bits per heavy atom. The molecule has 0 saturated heterocycles. The number of aliphatic hydroxyl groups excluding tert-OH is 1. The molecule has 0 aliphatic rings. The minimum Gasteiger partial charge on any atom is -0.391 e. The number of nitrogens with zero attached hydrogens (tertiary/aromatic N) is 2. The summed E-state index contributed by atoms with van der Waals surface area (Å²) in [4.78, 5) is 7.47. The van der Waals surface area contributed by atoms with Gasteiger partial charge >= 0.3 is 0 Å². The van der Waals surface area contributed by atoms with Crippen molar-refractivity contribution in [2.24, 2.45) is 0 Å². The third-order valence-corrected chi connectivity index (χ3v) is 4.07. The molecule has 1 aromatic heterocycles. The van der Waals surface area contributed by atoms with Crippen molar-refractivity contribution in [3.63, 3.8) is 0 Å². The number of hydrogen-bond acceptors (Lipinski definition) is 4. The third kappa shape index (κ3) is 3.03. The van der Waals surface area contributed by atoms with Gasteiger partial charge in [0.05, 0.1) is 11.6 Å². The van der Waals surface area contributed by atoms with Gasteiger partial charge in [-0.15, -0.1) is 11.3 Å². The highest BCUT2D eigenvalue weighted by Crippen LogP contribution is 2.22. The van der Waals surface area contributed by atoms with Gasteiger partial charge in [-0.05, 0) is 26.9 Å². The topological polar surface area (TPSA) is 36.4 Å². The van der Waals surface area contributed by atoms with Gasteiger partial charge in [0.15, 0.2) is 0 Å². The van der Waals surface area contributed by atoms with E-state index in [1.807, 2.05) is 11.7 Å². The van der Waals surface area contributed by atoms with Crippen molar-refractivity contribution in [2.75, 3.05) is 13.1 Å². The fourth-order valence-corrected chi connectivity index (χ4v) is 2.67. The smallest absolute Gasteiger partial charge is 0.0794 e. The maximum atomic E-state index is 10.3. The molecule has 1 aromatic rings. The summed E-state index contributed by atoms with van der Waals surface area (Å²) in [7, 11) is 0. The average molecular weight is 242 g/mol. The van der Waals surface area contributed by atoms with Crippen LogP contribution in [0.15, 0.2) is 11.7 Å². The summed E-state index contributed by atoms with van der Waals surface area (Å²) in [5.74, 6) is 0. The number of thiazole rings is 1. The molecule has 0 saturated carbocycles. The molecule has 1 heterocycles. The first-order valence-corrected chi connectivity index (χ1v) is 6.70. The van der Waals surface area contributed by atoms with Gasteiger partial charge < -0.3 is 5.11 Å². The van der Waals surface area contributed by atoms with Crippen LogP contribution in [0.5, 0.6) is 0 Å². The summed E-state index contributed by atoms with van der Waals surface area (Å²) in [6.45, 7) is 10.4. The van der Waals surface area contributed by atoms with Gasteiger partial charge in [0.25, 0.3) is 0 Å². The van der Waals surface area contributed by atoms with E-state index in [1.165, 1.54) is 0 Å². The standard InChI is InChI=1S/C12H22N2OS/c1-5-14(6-2)12(3,4)11(15)7-10-8-13-9-16-10/h8-9,11,15H,5-7H2,1-4H3. The largest absolute Gasteiger partial charge is 0.391 e. The Bertz CT molecular complexity index is 294. The number of likely N-dealkylation sites (N-methyl/N-ethyl adjacent to an activating group) is 1. The average Bonchev–Trinajstić information content (AvgIpc) is 2.71. The van der Waals surface area contributed by atoms with Crippen LogP contribution in [0, 0.1) is 0 Å². The molecular weight excluding hydrogens is 220 g/mol. The first-order valence-electron chi connectivity index (χ1n) is 5.82. The molecule has 0 amide bonds. The lowest BCUT2D eigenvalue weighted by atomic mass is 9.92. The van der Waals surface area contributed by atoms with E-state index in [-0.39, 0.29) is 11.6 Å². The lowest BCUT2D eigenvalue weighted by Gasteiger charge is -2.40. The van der Waals surface area contributed by atoms with Crippen LogP contribution >= 0.6 is 11.3 Å². The van der Waals surface area contributed by atoms with Crippen molar-refractivity contribution in [3.05, 3.63) is 16.6 Å². The van der Waals surface area contributed by atoms with Crippen molar-refractivity contribution >= 4 is 11.3 Å². The lowest BCUT2D eigenvalue weighted by Crippen LogP contribution is -2.53. The second-order valence-electron chi connectivity index (χ2n) is 4.51. The van der Waals surface area contributed by atoms with E-state index in [2.05, 4.69) is 37.6 Å². The van der Waals surface area contributed by atoms with Crippen LogP contribution in [-0.4, -0.2) is 39.7 Å². The number of aliphatic hydroxyl groups is 1. The minimum atomic E-state index is -0.354. The molecule has 0 bridgehead atoms. The molecule has 1 rings (SSSR count). The monoisotopic (exact) mass is 242 g/mol. The van der Waals surface area contributed by atoms with Crippen molar-refractivity contribution in [2.45, 2.75) is 45.8 Å². The van der Waals surface area contributed by atoms with Gasteiger partial charge in [-0.3, -0.25) is 9.88 Å². The normalized spacial score (nSPS) is 14.4. The summed E-state index contributed by atoms with van der Waals surface area (Å²) < 4.78 is 0. The molecule has 92 valence electrons. The lowest BCUT2D eigenvalue weighted by molar-refractivity contribution is -0.00375. The van der Waals surface area contributed by atoms with E-state index in [9.17, 15) is 5.11 Å². The molecule has 16 heavy (non-hydrogen) atoms. The van der Waals surface area contributed by atoms with Gasteiger partial charge in [0.2, 0.25) is 0 Å². The first-order chi connectivity index (χ1) is 7.52. The summed E-state index contributed by atoms with van der Waals surface area (Å²) in [6.07, 6.45) is 2.17. The maximum Gasteiger partial charge on any atom is 0.0794 e. The quantitative estimate of drug-likeness (QED) is 0.830. The highest BCUT2D eigenvalue weighted by molar-refractivity contribution is 7.09. The van der Waals surface area contributed by atoms with Crippen LogP contribution in [0.1, 0.15) is 32.6 Å². The molecular formula is C12H22N2OS. The van der Waals surface area contributed by atoms with Gasteiger partial charge in [0.1, 0.15) is 0 Å². The van der Waals surface area contributed by atoms with Crippen molar-refractivity contribution in [3.8, 4) is 0 Å². The number of rotatable bonds is 6. The summed E-state index contributed by atoms with van der Waals surface area (Å²) >= 11 is 1.60. The summed E-state index contributed by atoms with van der Waals surface area (Å²) in [6, 6.07) is 0. The van der Waals surface area contributed by atoms with Gasteiger partial charge in [0, 0.05) is 23.0 Å². The zero-order valence-corrected chi connectivity index (χ0v) is 11.4. The molecule has 0 fully saturated rings. The SMILES string of the molecule is CCN(CC)C(C)(C)C(O)Cc1cncs1. The molecule has 4 heteroatoms. The van der Waals surface area contributed by atoms with Crippen LogP contribution in [0.4, 0.5) is 0 Å². The Morgan fingerprint density at radius 2 is 2.06 bits per heavy atom. The number of aromatic nitrogens is 1. The first kappa shape index (κ1) is 13.6. The number of hydrogen-bond donors (Lipinski definition) is 1. The molecule has 0 aliphatic carbocycles. The summed E-state index contributed by atoms with van der Waals surface area (Å²) in [5, 5.41) is 10.3. The van der Waals surface area contributed by atoms with Crippen molar-refractivity contribution < 1.29 is 5.11 Å². The fourth-order valence-electron chi connectivity index (χ4n) is 2.03. The second kappa shape index (κ2) is 5.75. The predicted octanol–water partition coefficient (Wildman–Crippen LogP) is 2.17. The zero-order chi connectivity index (χ0) is 12.2. The molecule has 1 unspecified atom stereocenters. The fraction of sp³-hybridized carbons (Fsp3) is 0.750. The zero-order valence-electron chi connectivity index (χ0n) is 10.6. The van der Waals surface area contributed by atoms with Gasteiger partial charge in [-0.25, -0.2) is 0 Å². The van der Waals surface area contributed by atoms with Crippen LogP contribution in [-0.2, 0) is 6.42 Å². The minimum absolute atomic E-state index is 0.187. The van der Waals surface area contributed by atoms with Crippen molar-refractivity contribution in [1.82, 2.24) is 9.88 Å². The maximum absolute atomic E-state index is 10.3. The Kier molecular flexibility index (Phi) is 4.89. The molecule has 1 atom stereocenters. The second-order valence-corrected chi connectivity index (χ2v) is 5.48.